The molecule has 0 aliphatic heterocycles. The first kappa shape index (κ1) is 16.4. The van der Waals surface area contributed by atoms with E-state index in [0.717, 1.165) is 20.3 Å². The van der Waals surface area contributed by atoms with E-state index in [1.165, 1.54) is 0 Å². The maximum Gasteiger partial charge on any atom is 0.432 e. The molecule has 0 aromatic heterocycles. The van der Waals surface area contributed by atoms with Gasteiger partial charge >= 0.3 is 13.9 Å². The standard InChI is InChI=1S/C9H10F3N2O5P/c1-18-20(17,19-2)13-6-3-4-8(14(15)16)7(5-6)9(10,11)12/h3-5H,1-2H3,(H,13,17). The van der Waals surface area contributed by atoms with Crippen molar-refractivity contribution in [1.82, 2.24) is 0 Å². The van der Waals surface area contributed by atoms with Crippen molar-refractivity contribution in [1.29, 1.82) is 0 Å². The SMILES string of the molecule is COP(=O)(Nc1ccc([N+](=O)[O-])c(C(F)(F)F)c1)OC. The Bertz CT molecular complexity index is 555. The van der Waals surface area contributed by atoms with Crippen LogP contribution in [0.3, 0.4) is 0 Å². The van der Waals surface area contributed by atoms with Gasteiger partial charge in [0.05, 0.1) is 4.92 Å². The summed E-state index contributed by atoms with van der Waals surface area (Å²) in [6.45, 7) is 0. The van der Waals surface area contributed by atoms with Crippen LogP contribution in [0.5, 0.6) is 0 Å². The predicted octanol–water partition coefficient (Wildman–Crippen LogP) is 3.43. The van der Waals surface area contributed by atoms with Crippen molar-refractivity contribution in [3.63, 3.8) is 0 Å². The number of nitrogens with zero attached hydrogens (tertiary/aromatic N) is 1. The first-order valence-corrected chi connectivity index (χ1v) is 6.52. The molecular formula is C9H10F3N2O5P. The van der Waals surface area contributed by atoms with Gasteiger partial charge in [-0.2, -0.15) is 13.2 Å². The number of benzene rings is 1. The van der Waals surface area contributed by atoms with E-state index in [1.807, 2.05) is 0 Å². The number of alkyl halides is 3. The lowest BCUT2D eigenvalue weighted by Crippen LogP contribution is -2.10. The third-order valence-electron chi connectivity index (χ3n) is 2.25. The first-order valence-electron chi connectivity index (χ1n) is 4.98. The molecule has 0 atom stereocenters. The predicted molar refractivity (Wildman–Crippen MR) is 63.3 cm³/mol. The van der Waals surface area contributed by atoms with Gasteiger partial charge in [-0.25, -0.2) is 4.57 Å². The van der Waals surface area contributed by atoms with Crippen molar-refractivity contribution < 1.29 is 31.7 Å². The normalized spacial score (nSPS) is 12.2. The maximum absolute atomic E-state index is 12.7. The lowest BCUT2D eigenvalue weighted by Gasteiger charge is -2.16. The summed E-state index contributed by atoms with van der Waals surface area (Å²) >= 11 is 0. The van der Waals surface area contributed by atoms with E-state index in [9.17, 15) is 27.9 Å². The van der Waals surface area contributed by atoms with Gasteiger partial charge in [0, 0.05) is 26.0 Å². The van der Waals surface area contributed by atoms with Gasteiger partial charge in [0.1, 0.15) is 5.56 Å². The highest BCUT2D eigenvalue weighted by atomic mass is 31.2. The highest BCUT2D eigenvalue weighted by Crippen LogP contribution is 2.47. The van der Waals surface area contributed by atoms with Crippen molar-refractivity contribution in [2.75, 3.05) is 19.3 Å². The van der Waals surface area contributed by atoms with Gasteiger partial charge in [0.2, 0.25) is 0 Å². The Kier molecular flexibility index (Phi) is 4.74. The average molecular weight is 314 g/mol. The molecule has 0 heterocycles. The molecule has 112 valence electrons. The van der Waals surface area contributed by atoms with Crippen LogP contribution in [-0.2, 0) is 19.8 Å². The lowest BCUT2D eigenvalue weighted by molar-refractivity contribution is -0.388. The summed E-state index contributed by atoms with van der Waals surface area (Å²) in [6.07, 6.45) is -4.93. The molecule has 0 fully saturated rings. The highest BCUT2D eigenvalue weighted by Gasteiger charge is 2.38. The number of halogens is 3. The molecule has 20 heavy (non-hydrogen) atoms. The Balaban J connectivity index is 3.27. The molecule has 1 aromatic rings. The minimum Gasteiger partial charge on any atom is -0.296 e. The van der Waals surface area contributed by atoms with Gasteiger partial charge in [0.15, 0.2) is 0 Å². The van der Waals surface area contributed by atoms with Crippen molar-refractivity contribution in [2.45, 2.75) is 6.18 Å². The maximum atomic E-state index is 12.7. The van der Waals surface area contributed by atoms with Crippen LogP contribution in [0.25, 0.3) is 0 Å². The summed E-state index contributed by atoms with van der Waals surface area (Å²) in [4.78, 5) is 9.40. The second kappa shape index (κ2) is 5.78. The van der Waals surface area contributed by atoms with Gasteiger partial charge in [-0.1, -0.05) is 0 Å². The van der Waals surface area contributed by atoms with Gasteiger partial charge in [0.25, 0.3) is 5.69 Å². The molecule has 0 amide bonds. The monoisotopic (exact) mass is 314 g/mol. The zero-order valence-corrected chi connectivity index (χ0v) is 11.2. The summed E-state index contributed by atoms with van der Waals surface area (Å²) in [5, 5.41) is 12.7. The molecule has 7 nitrogen and oxygen atoms in total. The Morgan fingerprint density at radius 3 is 2.25 bits per heavy atom. The highest BCUT2D eigenvalue weighted by molar-refractivity contribution is 7.55. The molecule has 0 saturated heterocycles. The summed E-state index contributed by atoms with van der Waals surface area (Å²) in [5.41, 5.74) is -2.85. The van der Waals surface area contributed by atoms with Crippen LogP contribution in [0.1, 0.15) is 5.56 Å². The molecular weight excluding hydrogens is 304 g/mol. The van der Waals surface area contributed by atoms with Gasteiger partial charge in [-0.15, -0.1) is 0 Å². The molecule has 1 aromatic carbocycles. The number of rotatable bonds is 5. The van der Waals surface area contributed by atoms with Crippen LogP contribution >= 0.6 is 7.75 Å². The molecule has 11 heteroatoms. The Morgan fingerprint density at radius 2 is 1.85 bits per heavy atom. The second-order valence-corrected chi connectivity index (χ2v) is 5.41. The fourth-order valence-corrected chi connectivity index (χ4v) is 2.10. The largest absolute Gasteiger partial charge is 0.432 e. The summed E-state index contributed by atoms with van der Waals surface area (Å²) < 4.78 is 58.9. The van der Waals surface area contributed by atoms with E-state index in [0.29, 0.717) is 12.1 Å². The molecule has 0 saturated carbocycles. The Hall–Kier alpha value is -1.64. The zero-order valence-electron chi connectivity index (χ0n) is 10.3. The first-order chi connectivity index (χ1) is 9.13. The minimum atomic E-state index is -4.93. The number of hydrogen-bond donors (Lipinski definition) is 1. The average Bonchev–Trinajstić information content (AvgIpc) is 2.37. The van der Waals surface area contributed by atoms with Crippen LogP contribution in [0.4, 0.5) is 24.5 Å². The smallest absolute Gasteiger partial charge is 0.296 e. The summed E-state index contributed by atoms with van der Waals surface area (Å²) in [6, 6.07) is 2.09. The van der Waals surface area contributed by atoms with E-state index in [1.54, 1.807) is 0 Å². The summed E-state index contributed by atoms with van der Waals surface area (Å²) in [5.74, 6) is 0. The fourth-order valence-electron chi connectivity index (χ4n) is 1.32. The topological polar surface area (TPSA) is 90.7 Å². The Morgan fingerprint density at radius 1 is 1.30 bits per heavy atom. The van der Waals surface area contributed by atoms with Crippen molar-refractivity contribution in [3.8, 4) is 0 Å². The molecule has 0 unspecified atom stereocenters. The number of anilines is 1. The minimum absolute atomic E-state index is 0.282. The molecule has 0 aliphatic rings. The molecule has 1 N–H and O–H groups in total. The van der Waals surface area contributed by atoms with E-state index in [-0.39, 0.29) is 5.69 Å². The van der Waals surface area contributed by atoms with Crippen molar-refractivity contribution in [2.24, 2.45) is 0 Å². The van der Waals surface area contributed by atoms with Crippen molar-refractivity contribution >= 4 is 19.1 Å². The Labute approximate surface area is 111 Å². The van der Waals surface area contributed by atoms with Gasteiger partial charge in [-0.05, 0) is 12.1 Å². The lowest BCUT2D eigenvalue weighted by atomic mass is 10.1. The molecule has 0 aliphatic carbocycles. The van der Waals surface area contributed by atoms with E-state index in [4.69, 9.17) is 0 Å². The van der Waals surface area contributed by atoms with Crippen LogP contribution < -0.4 is 5.09 Å². The second-order valence-electron chi connectivity index (χ2n) is 3.46. The van der Waals surface area contributed by atoms with E-state index < -0.39 is 30.1 Å². The van der Waals surface area contributed by atoms with E-state index >= 15 is 0 Å². The number of hydrogen-bond acceptors (Lipinski definition) is 5. The number of nitro groups is 1. The van der Waals surface area contributed by atoms with Crippen molar-refractivity contribution in [3.05, 3.63) is 33.9 Å². The van der Waals surface area contributed by atoms with E-state index in [2.05, 4.69) is 14.1 Å². The van der Waals surface area contributed by atoms with Crippen LogP contribution in [0.15, 0.2) is 18.2 Å². The summed E-state index contributed by atoms with van der Waals surface area (Å²) in [7, 11) is -1.73. The number of nitro benzene ring substituents is 1. The number of nitrogens with one attached hydrogen (secondary N) is 1. The molecule has 0 radical (unpaired) electrons. The fraction of sp³-hybridized carbons (Fsp3) is 0.333. The van der Waals surface area contributed by atoms with Crippen LogP contribution in [-0.4, -0.2) is 19.1 Å². The molecule has 1 rings (SSSR count). The molecule has 0 bridgehead atoms. The third kappa shape index (κ3) is 3.69. The third-order valence-corrected chi connectivity index (χ3v) is 3.74. The van der Waals surface area contributed by atoms with Crippen LogP contribution in [0.2, 0.25) is 0 Å². The van der Waals surface area contributed by atoms with Gasteiger partial charge in [-0.3, -0.25) is 24.2 Å². The quantitative estimate of drug-likeness (QED) is 0.508. The molecule has 0 spiro atoms. The van der Waals surface area contributed by atoms with Gasteiger partial charge < -0.3 is 0 Å². The zero-order chi connectivity index (χ0) is 15.6. The van der Waals surface area contributed by atoms with Crippen LogP contribution in [0, 0.1) is 10.1 Å².